The summed E-state index contributed by atoms with van der Waals surface area (Å²) in [5, 5.41) is 9.77. The first kappa shape index (κ1) is 21.0. The number of rotatable bonds is 8. The van der Waals surface area contributed by atoms with Gasteiger partial charge in [-0.2, -0.15) is 0 Å². The molecule has 4 rings (SSSR count). The Morgan fingerprint density at radius 3 is 2.70 bits per heavy atom. The maximum absolute atomic E-state index is 13.1. The molecule has 1 aromatic carbocycles. The summed E-state index contributed by atoms with van der Waals surface area (Å²) in [5.74, 6) is -1.24. The van der Waals surface area contributed by atoms with E-state index in [1.54, 1.807) is 0 Å². The number of halogens is 1. The summed E-state index contributed by atoms with van der Waals surface area (Å²) in [7, 11) is 0. The molecule has 1 N–H and O–H groups in total. The van der Waals surface area contributed by atoms with Crippen molar-refractivity contribution in [3.63, 3.8) is 0 Å². The number of thiophene rings is 1. The number of hydrogen-bond acceptors (Lipinski definition) is 6. The number of esters is 1. The molecule has 2 aliphatic rings. The average molecular weight is 448 g/mol. The summed E-state index contributed by atoms with van der Waals surface area (Å²) in [4.78, 5) is 38.9. The van der Waals surface area contributed by atoms with Crippen LogP contribution in [0.1, 0.15) is 47.7 Å². The van der Waals surface area contributed by atoms with Gasteiger partial charge in [-0.05, 0) is 42.5 Å². The summed E-state index contributed by atoms with van der Waals surface area (Å²) in [6, 6.07) is 8.97. The van der Waals surface area contributed by atoms with Crippen molar-refractivity contribution in [1.82, 2.24) is 4.90 Å². The van der Waals surface area contributed by atoms with E-state index >= 15 is 0 Å². The normalized spacial score (nSPS) is 17.2. The number of benzene rings is 1. The molecule has 30 heavy (non-hydrogen) atoms. The Morgan fingerprint density at radius 1 is 1.23 bits per heavy atom. The minimum Gasteiger partial charge on any atom is -0.481 e. The monoisotopic (exact) mass is 447 g/mol. The van der Waals surface area contributed by atoms with Crippen molar-refractivity contribution in [1.29, 1.82) is 0 Å². The second kappa shape index (κ2) is 8.88. The number of carbonyl (C=O) groups is 3. The van der Waals surface area contributed by atoms with Crippen LogP contribution in [-0.4, -0.2) is 34.3 Å². The first-order chi connectivity index (χ1) is 14.4. The van der Waals surface area contributed by atoms with Gasteiger partial charge in [0.2, 0.25) is 0 Å². The summed E-state index contributed by atoms with van der Waals surface area (Å²) < 4.78 is 5.32. The summed E-state index contributed by atoms with van der Waals surface area (Å²) in [6.45, 7) is 1.29. The van der Waals surface area contributed by atoms with Crippen LogP contribution in [0.25, 0.3) is 0 Å². The lowest BCUT2D eigenvalue weighted by molar-refractivity contribution is -0.142. The van der Waals surface area contributed by atoms with Crippen LogP contribution in [0.2, 0.25) is 5.02 Å². The number of Topliss-reactive ketones (excluding diaryl/α,β-unsaturated/α-hetero) is 1. The highest BCUT2D eigenvalue weighted by Crippen LogP contribution is 2.42. The zero-order valence-corrected chi connectivity index (χ0v) is 17.9. The van der Waals surface area contributed by atoms with Gasteiger partial charge in [-0.3, -0.25) is 19.3 Å². The Hall–Kier alpha value is -2.22. The molecule has 0 bridgehead atoms. The van der Waals surface area contributed by atoms with Crippen LogP contribution < -0.4 is 4.74 Å². The van der Waals surface area contributed by atoms with Gasteiger partial charge in [0.15, 0.2) is 10.8 Å². The number of carboxylic acids is 1. The minimum atomic E-state index is -1.03. The highest BCUT2D eigenvalue weighted by molar-refractivity contribution is 7.14. The van der Waals surface area contributed by atoms with Crippen molar-refractivity contribution in [2.24, 2.45) is 5.92 Å². The lowest BCUT2D eigenvalue weighted by Crippen LogP contribution is -2.38. The molecule has 0 radical (unpaired) electrons. The zero-order chi connectivity index (χ0) is 21.3. The Labute approximate surface area is 183 Å². The summed E-state index contributed by atoms with van der Waals surface area (Å²) in [5.41, 5.74) is 1.88. The third kappa shape index (κ3) is 4.74. The second-order valence-electron chi connectivity index (χ2n) is 7.70. The van der Waals surface area contributed by atoms with Gasteiger partial charge in [0.05, 0.1) is 18.9 Å². The molecular formula is C22H22ClNO5S. The van der Waals surface area contributed by atoms with Crippen LogP contribution in [0, 0.1) is 5.92 Å². The highest BCUT2D eigenvalue weighted by atomic mass is 35.5. The largest absolute Gasteiger partial charge is 0.481 e. The van der Waals surface area contributed by atoms with Crippen LogP contribution in [0.5, 0.6) is 5.06 Å². The van der Waals surface area contributed by atoms with Crippen molar-refractivity contribution in [3.8, 4) is 5.06 Å². The molecule has 2 heterocycles. The van der Waals surface area contributed by atoms with Crippen molar-refractivity contribution in [3.05, 3.63) is 51.4 Å². The molecule has 0 spiro atoms. The molecule has 0 saturated heterocycles. The third-order valence-electron chi connectivity index (χ3n) is 5.45. The van der Waals surface area contributed by atoms with Crippen LogP contribution in [-0.2, 0) is 27.3 Å². The summed E-state index contributed by atoms with van der Waals surface area (Å²) in [6.07, 6.45) is 2.22. The molecule has 6 nitrogen and oxygen atoms in total. The van der Waals surface area contributed by atoms with Gasteiger partial charge in [0, 0.05) is 28.9 Å². The molecule has 2 aromatic rings. The van der Waals surface area contributed by atoms with Crippen molar-refractivity contribution in [2.75, 3.05) is 6.54 Å². The smallest absolute Gasteiger partial charge is 0.312 e. The van der Waals surface area contributed by atoms with Gasteiger partial charge >= 0.3 is 11.9 Å². The van der Waals surface area contributed by atoms with Crippen LogP contribution >= 0.6 is 22.9 Å². The Bertz CT molecular complexity index is 984. The molecule has 0 amide bonds. The van der Waals surface area contributed by atoms with E-state index in [2.05, 4.69) is 4.90 Å². The van der Waals surface area contributed by atoms with E-state index in [9.17, 15) is 14.4 Å². The Balaban J connectivity index is 1.51. The third-order valence-corrected chi connectivity index (χ3v) is 6.90. The Kier molecular flexibility index (Phi) is 6.22. The molecule has 1 fully saturated rings. The van der Waals surface area contributed by atoms with Gasteiger partial charge < -0.3 is 9.84 Å². The lowest BCUT2D eigenvalue weighted by Gasteiger charge is -2.34. The standard InChI is InChI=1S/C22H22ClNO5S/c23-16-4-2-1-3-15(16)21(22(28)13-5-6-13)24-10-9-17-14(12-24)11-20(30-17)29-19(27)8-7-18(25)26/h1-4,11,13,21H,5-10,12H2,(H,25,26). The number of carbonyl (C=O) groups excluding carboxylic acids is 2. The topological polar surface area (TPSA) is 83.9 Å². The fourth-order valence-corrected chi connectivity index (χ4v) is 5.05. The predicted molar refractivity (Wildman–Crippen MR) is 113 cm³/mol. The molecule has 8 heteroatoms. The first-order valence-electron chi connectivity index (χ1n) is 9.98. The second-order valence-corrected chi connectivity index (χ2v) is 9.21. The van der Waals surface area contributed by atoms with Crippen molar-refractivity contribution in [2.45, 2.75) is 44.7 Å². The molecule has 1 saturated carbocycles. The number of aliphatic carboxylic acids is 1. The van der Waals surface area contributed by atoms with Gasteiger partial charge in [-0.15, -0.1) is 11.3 Å². The van der Waals surface area contributed by atoms with E-state index in [0.717, 1.165) is 35.3 Å². The SMILES string of the molecule is O=C(O)CCC(=O)Oc1cc2c(s1)CCN(C(C(=O)C1CC1)c1ccccc1Cl)C2. The molecule has 158 valence electrons. The number of fused-ring (bicyclic) bond motifs is 1. The number of nitrogens with zero attached hydrogens (tertiary/aromatic N) is 1. The quantitative estimate of drug-likeness (QED) is 0.609. The molecule has 1 aliphatic heterocycles. The van der Waals surface area contributed by atoms with Crippen LogP contribution in [0.4, 0.5) is 0 Å². The fourth-order valence-electron chi connectivity index (χ4n) is 3.79. The average Bonchev–Trinajstić information content (AvgIpc) is 3.48. The maximum Gasteiger partial charge on any atom is 0.312 e. The zero-order valence-electron chi connectivity index (χ0n) is 16.3. The van der Waals surface area contributed by atoms with Gasteiger partial charge in [-0.25, -0.2) is 0 Å². The lowest BCUT2D eigenvalue weighted by atomic mass is 9.95. The van der Waals surface area contributed by atoms with Crippen molar-refractivity contribution >= 4 is 40.7 Å². The molecular weight excluding hydrogens is 426 g/mol. The van der Waals surface area contributed by atoms with Gasteiger partial charge in [-0.1, -0.05) is 29.8 Å². The van der Waals surface area contributed by atoms with Crippen LogP contribution in [0.15, 0.2) is 30.3 Å². The molecule has 1 unspecified atom stereocenters. The van der Waals surface area contributed by atoms with E-state index in [4.69, 9.17) is 21.4 Å². The molecule has 1 aromatic heterocycles. The van der Waals surface area contributed by atoms with E-state index in [1.807, 2.05) is 30.3 Å². The van der Waals surface area contributed by atoms with Gasteiger partial charge in [0.1, 0.15) is 0 Å². The van der Waals surface area contributed by atoms with E-state index < -0.39 is 11.9 Å². The number of carboxylic acid groups (broad SMARTS) is 1. The number of ether oxygens (including phenoxy) is 1. The summed E-state index contributed by atoms with van der Waals surface area (Å²) >= 11 is 7.85. The molecule has 1 atom stereocenters. The molecule has 1 aliphatic carbocycles. The minimum absolute atomic E-state index is 0.112. The first-order valence-corrected chi connectivity index (χ1v) is 11.2. The highest BCUT2D eigenvalue weighted by Gasteiger charge is 2.40. The van der Waals surface area contributed by atoms with Crippen LogP contribution in [0.3, 0.4) is 0 Å². The van der Waals surface area contributed by atoms with E-state index in [0.29, 0.717) is 23.2 Å². The number of ketones is 1. The van der Waals surface area contributed by atoms with E-state index in [-0.39, 0.29) is 30.6 Å². The van der Waals surface area contributed by atoms with Crippen molar-refractivity contribution < 1.29 is 24.2 Å². The Morgan fingerprint density at radius 2 is 2.00 bits per heavy atom. The predicted octanol–water partition coefficient (Wildman–Crippen LogP) is 4.25. The number of hydrogen-bond donors (Lipinski definition) is 1. The maximum atomic E-state index is 13.1. The fraction of sp³-hybridized carbons (Fsp3) is 0.409. The van der Waals surface area contributed by atoms with Gasteiger partial charge in [0.25, 0.3) is 0 Å². The van der Waals surface area contributed by atoms with E-state index in [1.165, 1.54) is 11.3 Å².